The summed E-state index contributed by atoms with van der Waals surface area (Å²) in [5, 5.41) is 5.08. The van der Waals surface area contributed by atoms with Gasteiger partial charge in [0.15, 0.2) is 5.65 Å². The van der Waals surface area contributed by atoms with Crippen LogP contribution in [0.3, 0.4) is 0 Å². The number of halogens is 1. The Bertz CT molecular complexity index is 410. The average molecular weight is 240 g/mol. The lowest BCUT2D eigenvalue weighted by Gasteiger charge is -2.06. The smallest absolute Gasteiger partial charge is 0.154 e. The predicted octanol–water partition coefficient (Wildman–Crippen LogP) is 2.23. The van der Waals surface area contributed by atoms with Crippen LogP contribution < -0.4 is 0 Å². The normalized spacial score (nSPS) is 13.4. The molecular weight excluding hydrogens is 230 g/mol. The van der Waals surface area contributed by atoms with Crippen LogP contribution in [0, 0.1) is 0 Å². The summed E-state index contributed by atoms with van der Waals surface area (Å²) in [5.74, 6) is 0.473. The number of fused-ring (bicyclic) bond motifs is 1. The van der Waals surface area contributed by atoms with Crippen molar-refractivity contribution in [3.8, 4) is 0 Å². The maximum Gasteiger partial charge on any atom is 0.154 e. The second-order valence-corrected chi connectivity index (χ2v) is 3.72. The van der Waals surface area contributed by atoms with Crippen LogP contribution in [0.4, 0.5) is 0 Å². The van der Waals surface area contributed by atoms with Crippen molar-refractivity contribution in [2.24, 2.45) is 0 Å². The fraction of sp³-hybridized carbons (Fsp3) is 0.333. The van der Waals surface area contributed by atoms with E-state index in [-0.39, 0.29) is 0 Å². The van der Waals surface area contributed by atoms with Gasteiger partial charge in [0, 0.05) is 23.8 Å². The molecular formula is C9H10BrN3. The molecule has 0 saturated heterocycles. The lowest BCUT2D eigenvalue weighted by atomic mass is 10.1. The van der Waals surface area contributed by atoms with Gasteiger partial charge in [-0.1, -0.05) is 22.9 Å². The second-order valence-electron chi connectivity index (χ2n) is 3.08. The molecule has 0 aliphatic heterocycles. The van der Waals surface area contributed by atoms with E-state index in [0.717, 1.165) is 11.0 Å². The highest BCUT2D eigenvalue weighted by molar-refractivity contribution is 9.09. The summed E-state index contributed by atoms with van der Waals surface area (Å²) in [6.45, 7) is 2.15. The Morgan fingerprint density at radius 3 is 3.23 bits per heavy atom. The van der Waals surface area contributed by atoms with Gasteiger partial charge >= 0.3 is 0 Å². The van der Waals surface area contributed by atoms with E-state index in [9.17, 15) is 0 Å². The second kappa shape index (κ2) is 3.46. The third-order valence-corrected chi connectivity index (χ3v) is 3.04. The maximum absolute atomic E-state index is 4.29. The van der Waals surface area contributed by atoms with Gasteiger partial charge in [-0.15, -0.1) is 0 Å². The summed E-state index contributed by atoms with van der Waals surface area (Å²) in [7, 11) is 0. The van der Waals surface area contributed by atoms with Crippen molar-refractivity contribution in [1.29, 1.82) is 0 Å². The van der Waals surface area contributed by atoms with Gasteiger partial charge < -0.3 is 0 Å². The van der Waals surface area contributed by atoms with Crippen molar-refractivity contribution >= 4 is 21.6 Å². The van der Waals surface area contributed by atoms with E-state index in [2.05, 4.69) is 32.9 Å². The Balaban J connectivity index is 2.48. The van der Waals surface area contributed by atoms with Crippen LogP contribution in [0.5, 0.6) is 0 Å². The first-order valence-electron chi connectivity index (χ1n) is 4.16. The van der Waals surface area contributed by atoms with E-state index in [1.54, 1.807) is 10.7 Å². The first kappa shape index (κ1) is 8.69. The SMILES string of the molecule is CC(CBr)c1cnc2ccnn2c1. The molecule has 3 nitrogen and oxygen atoms in total. The molecule has 0 radical (unpaired) electrons. The predicted molar refractivity (Wildman–Crippen MR) is 55.2 cm³/mol. The summed E-state index contributed by atoms with van der Waals surface area (Å²) in [6, 6.07) is 1.89. The van der Waals surface area contributed by atoms with Gasteiger partial charge in [0.1, 0.15) is 0 Å². The minimum atomic E-state index is 0.473. The van der Waals surface area contributed by atoms with Crippen molar-refractivity contribution in [2.45, 2.75) is 12.8 Å². The number of nitrogens with zero attached hydrogens (tertiary/aromatic N) is 3. The number of aromatic nitrogens is 3. The van der Waals surface area contributed by atoms with Crippen molar-refractivity contribution in [3.05, 3.63) is 30.2 Å². The highest BCUT2D eigenvalue weighted by atomic mass is 79.9. The molecule has 0 N–H and O–H groups in total. The molecule has 0 bridgehead atoms. The monoisotopic (exact) mass is 239 g/mol. The molecule has 2 aromatic heterocycles. The number of alkyl halides is 1. The fourth-order valence-electron chi connectivity index (χ4n) is 1.17. The van der Waals surface area contributed by atoms with E-state index >= 15 is 0 Å². The lowest BCUT2D eigenvalue weighted by Crippen LogP contribution is -1.99. The quantitative estimate of drug-likeness (QED) is 0.753. The molecule has 0 aliphatic rings. The van der Waals surface area contributed by atoms with Gasteiger partial charge in [-0.05, 0) is 11.5 Å². The summed E-state index contributed by atoms with van der Waals surface area (Å²) < 4.78 is 1.80. The molecule has 2 aromatic rings. The molecule has 0 amide bonds. The zero-order chi connectivity index (χ0) is 9.26. The van der Waals surface area contributed by atoms with Crippen LogP contribution in [0.1, 0.15) is 18.4 Å². The molecule has 1 unspecified atom stereocenters. The van der Waals surface area contributed by atoms with Gasteiger partial charge in [-0.2, -0.15) is 5.10 Å². The van der Waals surface area contributed by atoms with Crippen molar-refractivity contribution in [1.82, 2.24) is 14.6 Å². The van der Waals surface area contributed by atoms with Crippen LogP contribution in [0.2, 0.25) is 0 Å². The largest absolute Gasteiger partial charge is 0.237 e. The summed E-state index contributed by atoms with van der Waals surface area (Å²) in [4.78, 5) is 4.29. The molecule has 0 saturated carbocycles. The highest BCUT2D eigenvalue weighted by Gasteiger charge is 2.05. The summed E-state index contributed by atoms with van der Waals surface area (Å²) in [5.41, 5.74) is 2.10. The summed E-state index contributed by atoms with van der Waals surface area (Å²) >= 11 is 3.45. The van der Waals surface area contributed by atoms with E-state index in [1.807, 2.05) is 18.5 Å². The first-order valence-corrected chi connectivity index (χ1v) is 5.28. The van der Waals surface area contributed by atoms with E-state index < -0.39 is 0 Å². The zero-order valence-electron chi connectivity index (χ0n) is 7.31. The Labute approximate surface area is 84.9 Å². The third-order valence-electron chi connectivity index (χ3n) is 2.07. The van der Waals surface area contributed by atoms with E-state index in [0.29, 0.717) is 5.92 Å². The number of hydrogen-bond acceptors (Lipinski definition) is 2. The zero-order valence-corrected chi connectivity index (χ0v) is 8.90. The highest BCUT2D eigenvalue weighted by Crippen LogP contribution is 2.16. The lowest BCUT2D eigenvalue weighted by molar-refractivity contribution is 0.834. The average Bonchev–Trinajstić information content (AvgIpc) is 2.63. The van der Waals surface area contributed by atoms with E-state index in [1.165, 1.54) is 5.56 Å². The molecule has 0 spiro atoms. The van der Waals surface area contributed by atoms with Crippen molar-refractivity contribution < 1.29 is 0 Å². The van der Waals surface area contributed by atoms with Crippen LogP contribution >= 0.6 is 15.9 Å². The molecule has 1 atom stereocenters. The molecule has 68 valence electrons. The minimum absolute atomic E-state index is 0.473. The molecule has 0 aliphatic carbocycles. The topological polar surface area (TPSA) is 30.2 Å². The van der Waals surface area contributed by atoms with Crippen molar-refractivity contribution in [2.75, 3.05) is 5.33 Å². The third kappa shape index (κ3) is 1.58. The Hall–Kier alpha value is -0.900. The standard InChI is InChI=1S/C9H10BrN3/c1-7(4-10)8-5-11-9-2-3-12-13(9)6-8/h2-3,5-7H,4H2,1H3. The minimum Gasteiger partial charge on any atom is -0.237 e. The molecule has 0 aromatic carbocycles. The van der Waals surface area contributed by atoms with Gasteiger partial charge in [-0.3, -0.25) is 0 Å². The van der Waals surface area contributed by atoms with Gasteiger partial charge in [0.05, 0.1) is 6.20 Å². The van der Waals surface area contributed by atoms with E-state index in [4.69, 9.17) is 0 Å². The van der Waals surface area contributed by atoms with Crippen LogP contribution in [-0.2, 0) is 0 Å². The van der Waals surface area contributed by atoms with Gasteiger partial charge in [0.25, 0.3) is 0 Å². The Morgan fingerprint density at radius 1 is 1.62 bits per heavy atom. The summed E-state index contributed by atoms with van der Waals surface area (Å²) in [6.07, 6.45) is 5.68. The van der Waals surface area contributed by atoms with Crippen LogP contribution in [0.15, 0.2) is 24.7 Å². The fourth-order valence-corrected chi connectivity index (χ4v) is 1.54. The maximum atomic E-state index is 4.29. The van der Waals surface area contributed by atoms with Crippen LogP contribution in [0.25, 0.3) is 5.65 Å². The Morgan fingerprint density at radius 2 is 2.46 bits per heavy atom. The number of rotatable bonds is 2. The molecule has 2 heterocycles. The molecule has 4 heteroatoms. The van der Waals surface area contributed by atoms with Gasteiger partial charge in [0.2, 0.25) is 0 Å². The first-order chi connectivity index (χ1) is 6.31. The Kier molecular flexibility index (Phi) is 2.31. The van der Waals surface area contributed by atoms with Crippen LogP contribution in [-0.4, -0.2) is 19.9 Å². The number of hydrogen-bond donors (Lipinski definition) is 0. The molecule has 0 fully saturated rings. The molecule has 13 heavy (non-hydrogen) atoms. The van der Waals surface area contributed by atoms with Gasteiger partial charge in [-0.25, -0.2) is 9.50 Å². The molecule has 2 rings (SSSR count). The van der Waals surface area contributed by atoms with Crippen molar-refractivity contribution in [3.63, 3.8) is 0 Å².